The molecular formula is C15H17NO. The Kier molecular flexibility index (Phi) is 2.09. The van der Waals surface area contributed by atoms with Crippen LogP contribution in [0.1, 0.15) is 13.8 Å². The van der Waals surface area contributed by atoms with Crippen LogP contribution in [0.25, 0.3) is 10.8 Å². The molecule has 0 saturated heterocycles. The molecule has 2 aromatic carbocycles. The molecule has 0 aromatic heterocycles. The normalized spacial score (nSPS) is 17.7. The molecule has 1 heterocycles. The Morgan fingerprint density at radius 1 is 1.12 bits per heavy atom. The Morgan fingerprint density at radius 3 is 2.71 bits per heavy atom. The van der Waals surface area contributed by atoms with Gasteiger partial charge in [-0.25, -0.2) is 0 Å². The van der Waals surface area contributed by atoms with Gasteiger partial charge in [-0.15, -0.1) is 0 Å². The average Bonchev–Trinajstić information content (AvgIpc) is 2.26. The van der Waals surface area contributed by atoms with Gasteiger partial charge in [-0.3, -0.25) is 0 Å². The van der Waals surface area contributed by atoms with Crippen molar-refractivity contribution in [3.8, 4) is 5.75 Å². The number of benzene rings is 2. The fraction of sp³-hybridized carbons (Fsp3) is 0.333. The zero-order valence-corrected chi connectivity index (χ0v) is 10.5. The molecule has 0 unspecified atom stereocenters. The zero-order valence-electron chi connectivity index (χ0n) is 10.5. The van der Waals surface area contributed by atoms with E-state index < -0.39 is 0 Å². The van der Waals surface area contributed by atoms with Crippen molar-refractivity contribution < 1.29 is 4.74 Å². The summed E-state index contributed by atoms with van der Waals surface area (Å²) in [5.74, 6) is 0.988. The third-order valence-corrected chi connectivity index (χ3v) is 3.25. The first-order valence-corrected chi connectivity index (χ1v) is 5.99. The summed E-state index contributed by atoms with van der Waals surface area (Å²) in [6.07, 6.45) is 0. The fourth-order valence-corrected chi connectivity index (χ4v) is 2.69. The van der Waals surface area contributed by atoms with Gasteiger partial charge in [-0.1, -0.05) is 30.3 Å². The van der Waals surface area contributed by atoms with E-state index >= 15 is 0 Å². The molecule has 1 aliphatic rings. The molecule has 0 bridgehead atoms. The molecule has 0 atom stereocenters. The van der Waals surface area contributed by atoms with Gasteiger partial charge in [-0.05, 0) is 25.3 Å². The van der Waals surface area contributed by atoms with Gasteiger partial charge >= 0.3 is 0 Å². The summed E-state index contributed by atoms with van der Waals surface area (Å²) in [5.41, 5.74) is 1.09. The lowest BCUT2D eigenvalue weighted by atomic mass is 10.0. The van der Waals surface area contributed by atoms with Crippen molar-refractivity contribution in [1.82, 2.24) is 0 Å². The second-order valence-corrected chi connectivity index (χ2v) is 5.35. The molecule has 88 valence electrons. The average molecular weight is 227 g/mol. The summed E-state index contributed by atoms with van der Waals surface area (Å²) in [6.45, 7) is 5.16. The molecule has 0 aliphatic carbocycles. The highest BCUT2D eigenvalue weighted by Crippen LogP contribution is 2.41. The number of hydrogen-bond acceptors (Lipinski definition) is 2. The summed E-state index contributed by atoms with van der Waals surface area (Å²) < 4.78 is 6.06. The monoisotopic (exact) mass is 227 g/mol. The van der Waals surface area contributed by atoms with Gasteiger partial charge < -0.3 is 9.64 Å². The maximum Gasteiger partial charge on any atom is 0.144 e. The van der Waals surface area contributed by atoms with Crippen molar-refractivity contribution in [1.29, 1.82) is 0 Å². The van der Waals surface area contributed by atoms with Crippen LogP contribution in [0.2, 0.25) is 0 Å². The molecule has 0 spiro atoms. The Morgan fingerprint density at radius 2 is 1.88 bits per heavy atom. The van der Waals surface area contributed by atoms with Crippen LogP contribution in [0.3, 0.4) is 0 Å². The van der Waals surface area contributed by atoms with E-state index in [-0.39, 0.29) is 5.60 Å². The van der Waals surface area contributed by atoms with Crippen molar-refractivity contribution in [2.75, 3.05) is 18.5 Å². The van der Waals surface area contributed by atoms with Gasteiger partial charge in [0, 0.05) is 12.4 Å². The Hall–Kier alpha value is -1.70. The van der Waals surface area contributed by atoms with E-state index in [1.165, 1.54) is 16.5 Å². The lowest BCUT2D eigenvalue weighted by Crippen LogP contribution is -2.45. The highest BCUT2D eigenvalue weighted by Gasteiger charge is 2.30. The minimum Gasteiger partial charge on any atom is -0.484 e. The molecule has 2 heteroatoms. The van der Waals surface area contributed by atoms with Gasteiger partial charge in [0.15, 0.2) is 0 Å². The SMILES string of the molecule is CN1CC(C)(C)Oc2ccc3ccccc3c21. The van der Waals surface area contributed by atoms with Gasteiger partial charge in [-0.2, -0.15) is 0 Å². The minimum absolute atomic E-state index is 0.121. The van der Waals surface area contributed by atoms with Crippen LogP contribution in [0.5, 0.6) is 5.75 Å². The highest BCUT2D eigenvalue weighted by atomic mass is 16.5. The first kappa shape index (κ1) is 10.5. The maximum absolute atomic E-state index is 6.06. The van der Waals surface area contributed by atoms with Crippen molar-refractivity contribution >= 4 is 16.5 Å². The summed E-state index contributed by atoms with van der Waals surface area (Å²) >= 11 is 0. The van der Waals surface area contributed by atoms with E-state index in [1.807, 2.05) is 0 Å². The zero-order chi connectivity index (χ0) is 12.0. The van der Waals surface area contributed by atoms with Crippen LogP contribution < -0.4 is 9.64 Å². The van der Waals surface area contributed by atoms with Gasteiger partial charge in [0.05, 0.1) is 12.2 Å². The number of anilines is 1. The van der Waals surface area contributed by atoms with Crippen molar-refractivity contribution in [2.24, 2.45) is 0 Å². The van der Waals surface area contributed by atoms with Crippen LogP contribution >= 0.6 is 0 Å². The standard InChI is InChI=1S/C15H17NO/c1-15(2)10-16(3)14-12-7-5-4-6-11(12)8-9-13(14)17-15/h4-9H,10H2,1-3H3. The predicted octanol–water partition coefficient (Wildman–Crippen LogP) is 3.45. The largest absolute Gasteiger partial charge is 0.484 e. The molecule has 3 rings (SSSR count). The molecular weight excluding hydrogens is 210 g/mol. The molecule has 0 amide bonds. The summed E-state index contributed by atoms with van der Waals surface area (Å²) in [4.78, 5) is 2.29. The topological polar surface area (TPSA) is 12.5 Å². The van der Waals surface area contributed by atoms with Crippen molar-refractivity contribution in [3.05, 3.63) is 36.4 Å². The number of nitrogens with zero attached hydrogens (tertiary/aromatic N) is 1. The molecule has 0 N–H and O–H groups in total. The van der Waals surface area contributed by atoms with Crippen LogP contribution in [0.15, 0.2) is 36.4 Å². The Bertz CT molecular complexity index is 574. The van der Waals surface area contributed by atoms with E-state index in [0.29, 0.717) is 0 Å². The highest BCUT2D eigenvalue weighted by molar-refractivity contribution is 5.97. The maximum atomic E-state index is 6.06. The van der Waals surface area contributed by atoms with E-state index in [9.17, 15) is 0 Å². The first-order chi connectivity index (χ1) is 8.07. The molecule has 0 fully saturated rings. The van der Waals surface area contributed by atoms with Crippen LogP contribution in [-0.2, 0) is 0 Å². The number of rotatable bonds is 0. The minimum atomic E-state index is -0.121. The Labute approximate surface area is 102 Å². The fourth-order valence-electron chi connectivity index (χ4n) is 2.69. The van der Waals surface area contributed by atoms with Gasteiger partial charge in [0.2, 0.25) is 0 Å². The van der Waals surface area contributed by atoms with Gasteiger partial charge in [0.1, 0.15) is 11.4 Å². The third kappa shape index (κ3) is 1.64. The van der Waals surface area contributed by atoms with Crippen molar-refractivity contribution in [3.63, 3.8) is 0 Å². The summed E-state index contributed by atoms with van der Waals surface area (Å²) in [7, 11) is 2.13. The lowest BCUT2D eigenvalue weighted by Gasteiger charge is -2.39. The molecule has 17 heavy (non-hydrogen) atoms. The van der Waals surface area contributed by atoms with Crippen molar-refractivity contribution in [2.45, 2.75) is 19.4 Å². The number of hydrogen-bond donors (Lipinski definition) is 0. The van der Waals surface area contributed by atoms with Crippen LogP contribution in [0.4, 0.5) is 5.69 Å². The second kappa shape index (κ2) is 3.39. The molecule has 0 saturated carbocycles. The number of likely N-dealkylation sites (N-methyl/N-ethyl adjacent to an activating group) is 1. The summed E-state index contributed by atoms with van der Waals surface area (Å²) in [6, 6.07) is 12.7. The molecule has 1 aliphatic heterocycles. The van der Waals surface area contributed by atoms with Crippen LogP contribution in [-0.4, -0.2) is 19.2 Å². The second-order valence-electron chi connectivity index (χ2n) is 5.35. The smallest absolute Gasteiger partial charge is 0.144 e. The molecule has 2 aromatic rings. The molecule has 2 nitrogen and oxygen atoms in total. The van der Waals surface area contributed by atoms with Crippen LogP contribution in [0, 0.1) is 0 Å². The number of fused-ring (bicyclic) bond motifs is 3. The molecule has 0 radical (unpaired) electrons. The van der Waals surface area contributed by atoms with E-state index in [1.54, 1.807) is 0 Å². The Balaban J connectivity index is 2.27. The summed E-state index contributed by atoms with van der Waals surface area (Å²) in [5, 5.41) is 2.53. The lowest BCUT2D eigenvalue weighted by molar-refractivity contribution is 0.107. The first-order valence-electron chi connectivity index (χ1n) is 5.99. The predicted molar refractivity (Wildman–Crippen MR) is 71.9 cm³/mol. The quantitative estimate of drug-likeness (QED) is 0.683. The van der Waals surface area contributed by atoms with E-state index in [0.717, 1.165) is 12.3 Å². The van der Waals surface area contributed by atoms with E-state index in [2.05, 4.69) is 62.2 Å². The number of ether oxygens (including phenoxy) is 1. The van der Waals surface area contributed by atoms with E-state index in [4.69, 9.17) is 4.74 Å². The third-order valence-electron chi connectivity index (χ3n) is 3.25. The van der Waals surface area contributed by atoms with Gasteiger partial charge in [0.25, 0.3) is 0 Å².